The van der Waals surface area contributed by atoms with Crippen molar-refractivity contribution in [3.8, 4) is 33.6 Å². The number of aromatic nitrogens is 2. The third-order valence-corrected chi connectivity index (χ3v) is 15.1. The van der Waals surface area contributed by atoms with E-state index in [2.05, 4.69) is 280 Å². The molecule has 4 heterocycles. The van der Waals surface area contributed by atoms with Crippen LogP contribution in [0.3, 0.4) is 0 Å². The summed E-state index contributed by atoms with van der Waals surface area (Å²) in [6, 6.07) is 96.2. The van der Waals surface area contributed by atoms with Gasteiger partial charge in [0.15, 0.2) is 0 Å². The third-order valence-electron chi connectivity index (χ3n) is 15.1. The van der Waals surface area contributed by atoms with Crippen molar-refractivity contribution in [1.82, 2.24) is 9.13 Å². The Balaban J connectivity index is 1.11. The first-order chi connectivity index (χ1) is 35.3. The Morgan fingerprint density at radius 1 is 0.225 bits per heavy atom. The molecule has 71 heavy (non-hydrogen) atoms. The number of rotatable bonds is 6. The van der Waals surface area contributed by atoms with Crippen LogP contribution in [0.15, 0.2) is 261 Å². The van der Waals surface area contributed by atoms with E-state index >= 15 is 0 Å². The number of benzene rings is 11. The number of hydrogen-bond acceptors (Lipinski definition) is 2. The molecule has 0 amide bonds. The van der Waals surface area contributed by atoms with E-state index in [1.54, 1.807) is 0 Å². The monoisotopic (exact) mass is 902 g/mol. The second-order valence-electron chi connectivity index (χ2n) is 18.7. The van der Waals surface area contributed by atoms with Gasteiger partial charge in [0.05, 0.1) is 22.1 Å². The van der Waals surface area contributed by atoms with Gasteiger partial charge in [-0.1, -0.05) is 176 Å². The van der Waals surface area contributed by atoms with Crippen molar-refractivity contribution >= 4 is 101 Å². The minimum atomic E-state index is -0.173. The van der Waals surface area contributed by atoms with Crippen LogP contribution in [0.1, 0.15) is 0 Å². The number of fused-ring (bicyclic) bond motifs is 10. The first kappa shape index (κ1) is 39.7. The zero-order valence-electron chi connectivity index (χ0n) is 38.7. The maximum atomic E-state index is 2.52. The number of nitrogens with zero attached hydrogens (tertiary/aromatic N) is 4. The van der Waals surface area contributed by atoms with Crippen LogP contribution >= 0.6 is 0 Å². The van der Waals surface area contributed by atoms with Crippen molar-refractivity contribution < 1.29 is 0 Å². The summed E-state index contributed by atoms with van der Waals surface area (Å²) in [5.74, 6) is 0. The summed E-state index contributed by atoms with van der Waals surface area (Å²) >= 11 is 0. The summed E-state index contributed by atoms with van der Waals surface area (Å²) in [5, 5.41) is 4.94. The minimum absolute atomic E-state index is 0.173. The lowest BCUT2D eigenvalue weighted by Crippen LogP contribution is -2.62. The van der Waals surface area contributed by atoms with Gasteiger partial charge in [-0.3, -0.25) is 0 Å². The molecule has 0 aliphatic carbocycles. The standard InChI is InChI=1S/C66H43BN4/c1-5-22-44(23-6-1)68-58-40-19-32-50(54-36-17-34-52-48-30-13-15-38-56(48)70(65(52)54)46-26-9-3-10-27-46)62(58)67-63-51(33-20-41-59(63)69(45-24-7-2-8-25-45)61-43-21-42-60(68)64(61)67)55-37-18-35-53-49-31-14-16-39-57(49)71(66(53)55)47-28-11-4-12-29-47/h1-43H. The topological polar surface area (TPSA) is 16.3 Å². The van der Waals surface area contributed by atoms with Gasteiger partial charge in [0.1, 0.15) is 0 Å². The largest absolute Gasteiger partial charge is 0.311 e. The highest BCUT2D eigenvalue weighted by atomic mass is 15.2. The van der Waals surface area contributed by atoms with E-state index in [9.17, 15) is 0 Å². The quantitative estimate of drug-likeness (QED) is 0.155. The van der Waals surface area contributed by atoms with Crippen LogP contribution in [-0.4, -0.2) is 15.8 Å². The van der Waals surface area contributed by atoms with Crippen LogP contribution in [0.4, 0.5) is 34.1 Å². The lowest BCUT2D eigenvalue weighted by atomic mass is 9.32. The molecule has 0 unspecified atom stereocenters. The smallest absolute Gasteiger partial charge is 0.253 e. The molecule has 11 aromatic carbocycles. The predicted molar refractivity (Wildman–Crippen MR) is 300 cm³/mol. The fourth-order valence-electron chi connectivity index (χ4n) is 12.4. The van der Waals surface area contributed by atoms with E-state index in [-0.39, 0.29) is 6.71 Å². The van der Waals surface area contributed by atoms with Gasteiger partial charge in [0.2, 0.25) is 0 Å². The maximum Gasteiger partial charge on any atom is 0.253 e. The van der Waals surface area contributed by atoms with E-state index in [4.69, 9.17) is 0 Å². The molecule has 0 saturated heterocycles. The molecule has 0 atom stereocenters. The molecule has 13 aromatic rings. The fourth-order valence-corrected chi connectivity index (χ4v) is 12.4. The average Bonchev–Trinajstić information content (AvgIpc) is 3.97. The SMILES string of the molecule is c1ccc(N2c3cccc(-c4cccc5c6ccccc6n(-c6ccccc6)c45)c3B3c4c(-c5cccc6c7ccccc7n(-c7ccccc7)c56)cccc4N(c4ccccc4)c4cccc2c43)cc1. The molecule has 0 fully saturated rings. The van der Waals surface area contributed by atoms with Crippen molar-refractivity contribution in [1.29, 1.82) is 0 Å². The van der Waals surface area contributed by atoms with E-state index in [0.717, 1.165) is 22.7 Å². The molecule has 330 valence electrons. The Labute approximate surface area is 412 Å². The van der Waals surface area contributed by atoms with Crippen molar-refractivity contribution in [2.24, 2.45) is 0 Å². The highest BCUT2D eigenvalue weighted by molar-refractivity contribution is 7.02. The van der Waals surface area contributed by atoms with Gasteiger partial charge < -0.3 is 18.9 Å². The summed E-state index contributed by atoms with van der Waals surface area (Å²) in [7, 11) is 0. The molecule has 4 nitrogen and oxygen atoms in total. The molecule has 0 spiro atoms. The van der Waals surface area contributed by atoms with Gasteiger partial charge in [0, 0.05) is 78.2 Å². The van der Waals surface area contributed by atoms with Crippen LogP contribution < -0.4 is 26.2 Å². The van der Waals surface area contributed by atoms with Crippen molar-refractivity contribution in [2.75, 3.05) is 9.80 Å². The summed E-state index contributed by atoms with van der Waals surface area (Å²) in [5.41, 5.74) is 22.7. The predicted octanol–water partition coefficient (Wildman–Crippen LogP) is 15.3. The Bertz CT molecular complexity index is 3970. The molecule has 2 aliphatic heterocycles. The Morgan fingerprint density at radius 2 is 0.535 bits per heavy atom. The van der Waals surface area contributed by atoms with Crippen molar-refractivity contribution in [3.05, 3.63) is 261 Å². The third kappa shape index (κ3) is 5.75. The van der Waals surface area contributed by atoms with Gasteiger partial charge >= 0.3 is 0 Å². The molecule has 2 aromatic heterocycles. The first-order valence-corrected chi connectivity index (χ1v) is 24.6. The number of anilines is 6. The summed E-state index contributed by atoms with van der Waals surface area (Å²) in [6.45, 7) is -0.173. The van der Waals surface area contributed by atoms with Gasteiger partial charge in [-0.05, 0) is 112 Å². The Hall–Kier alpha value is -9.32. The van der Waals surface area contributed by atoms with E-state index < -0.39 is 0 Å². The molecule has 0 radical (unpaired) electrons. The highest BCUT2D eigenvalue weighted by Gasteiger charge is 2.46. The van der Waals surface area contributed by atoms with Gasteiger partial charge in [-0.25, -0.2) is 0 Å². The molecule has 0 N–H and O–H groups in total. The maximum absolute atomic E-state index is 2.52. The first-order valence-electron chi connectivity index (χ1n) is 24.6. The highest BCUT2D eigenvalue weighted by Crippen LogP contribution is 2.48. The minimum Gasteiger partial charge on any atom is -0.311 e. The molecular formula is C66H43BN4. The summed E-state index contributed by atoms with van der Waals surface area (Å²) < 4.78 is 4.97. The molecule has 0 saturated carbocycles. The van der Waals surface area contributed by atoms with Gasteiger partial charge in [-0.15, -0.1) is 0 Å². The zero-order chi connectivity index (χ0) is 46.6. The van der Waals surface area contributed by atoms with Crippen molar-refractivity contribution in [2.45, 2.75) is 0 Å². The molecule has 2 aliphatic rings. The lowest BCUT2D eigenvalue weighted by Gasteiger charge is -2.45. The summed E-state index contributed by atoms with van der Waals surface area (Å²) in [4.78, 5) is 5.04. The van der Waals surface area contributed by atoms with Crippen LogP contribution in [0.2, 0.25) is 0 Å². The van der Waals surface area contributed by atoms with Gasteiger partial charge in [-0.2, -0.15) is 0 Å². The van der Waals surface area contributed by atoms with E-state index in [1.165, 1.54) is 105 Å². The second-order valence-corrected chi connectivity index (χ2v) is 18.7. The van der Waals surface area contributed by atoms with E-state index in [1.807, 2.05) is 0 Å². The summed E-state index contributed by atoms with van der Waals surface area (Å²) in [6.07, 6.45) is 0. The molecule has 0 bridgehead atoms. The van der Waals surface area contributed by atoms with E-state index in [0.29, 0.717) is 0 Å². The zero-order valence-corrected chi connectivity index (χ0v) is 38.7. The number of para-hydroxylation sites is 8. The van der Waals surface area contributed by atoms with Crippen LogP contribution in [0.5, 0.6) is 0 Å². The van der Waals surface area contributed by atoms with Crippen LogP contribution in [-0.2, 0) is 0 Å². The molecule has 15 rings (SSSR count). The van der Waals surface area contributed by atoms with Crippen molar-refractivity contribution in [3.63, 3.8) is 0 Å². The Morgan fingerprint density at radius 3 is 0.958 bits per heavy atom. The second kappa shape index (κ2) is 15.6. The lowest BCUT2D eigenvalue weighted by molar-refractivity contribution is 1.18. The Kier molecular flexibility index (Phi) is 8.72. The average molecular weight is 903 g/mol. The normalized spacial score (nSPS) is 12.7. The van der Waals surface area contributed by atoms with Crippen LogP contribution in [0, 0.1) is 0 Å². The number of hydrogen-bond donors (Lipinski definition) is 0. The molecule has 5 heteroatoms. The molecular weight excluding hydrogens is 860 g/mol. The van der Waals surface area contributed by atoms with Gasteiger partial charge in [0.25, 0.3) is 6.71 Å². The van der Waals surface area contributed by atoms with Crippen LogP contribution in [0.25, 0.3) is 77.2 Å². The fraction of sp³-hybridized carbons (Fsp3) is 0.